The molecular formula is C17H20F2O3. The van der Waals surface area contributed by atoms with Crippen LogP contribution in [0.25, 0.3) is 6.08 Å². The maximum absolute atomic E-state index is 14.3. The van der Waals surface area contributed by atoms with Crippen LogP contribution < -0.4 is 4.74 Å². The Morgan fingerprint density at radius 1 is 1.32 bits per heavy atom. The second kappa shape index (κ2) is 5.38. The third-order valence-electron chi connectivity index (χ3n) is 3.77. The third-order valence-corrected chi connectivity index (χ3v) is 3.77. The molecule has 5 heteroatoms. The predicted molar refractivity (Wildman–Crippen MR) is 80.7 cm³/mol. The van der Waals surface area contributed by atoms with Gasteiger partial charge in [0, 0.05) is 5.56 Å². The number of aliphatic carboxylic acids is 1. The molecule has 2 rings (SSSR count). The molecule has 1 aromatic rings. The number of halogens is 2. The molecular weight excluding hydrogens is 290 g/mol. The summed E-state index contributed by atoms with van der Waals surface area (Å²) in [5.74, 6) is -0.937. The first-order valence-corrected chi connectivity index (χ1v) is 7.07. The second-order valence-corrected chi connectivity index (χ2v) is 6.82. The highest BCUT2D eigenvalue weighted by atomic mass is 19.2. The molecule has 1 aromatic carbocycles. The average molecular weight is 310 g/mol. The van der Waals surface area contributed by atoms with Crippen LogP contribution in [-0.4, -0.2) is 29.5 Å². The van der Waals surface area contributed by atoms with Crippen LogP contribution in [0.1, 0.15) is 38.8 Å². The molecule has 3 nitrogen and oxygen atoms in total. The SMILES string of the molecule is CC(C)(C)c1ccc2c(c1)OC(C(C)(F)CF)C(C(=O)O)=C2. The van der Waals surface area contributed by atoms with E-state index in [1.54, 1.807) is 12.1 Å². The summed E-state index contributed by atoms with van der Waals surface area (Å²) in [6, 6.07) is 5.37. The van der Waals surface area contributed by atoms with Crippen molar-refractivity contribution in [3.8, 4) is 5.75 Å². The topological polar surface area (TPSA) is 46.5 Å². The van der Waals surface area contributed by atoms with Crippen LogP contribution >= 0.6 is 0 Å². The highest BCUT2D eigenvalue weighted by Gasteiger charge is 2.43. The molecule has 2 atom stereocenters. The first-order valence-electron chi connectivity index (χ1n) is 7.07. The molecule has 1 N–H and O–H groups in total. The van der Waals surface area contributed by atoms with Crippen LogP contribution in [0.2, 0.25) is 0 Å². The smallest absolute Gasteiger partial charge is 0.335 e. The minimum Gasteiger partial charge on any atom is -0.481 e. The lowest BCUT2D eigenvalue weighted by Crippen LogP contribution is -2.45. The van der Waals surface area contributed by atoms with E-state index in [9.17, 15) is 18.7 Å². The van der Waals surface area contributed by atoms with Gasteiger partial charge in [-0.1, -0.05) is 32.9 Å². The van der Waals surface area contributed by atoms with E-state index in [0.29, 0.717) is 11.3 Å². The Morgan fingerprint density at radius 2 is 1.95 bits per heavy atom. The lowest BCUT2D eigenvalue weighted by molar-refractivity contribution is -0.134. The van der Waals surface area contributed by atoms with Gasteiger partial charge in [-0.3, -0.25) is 0 Å². The summed E-state index contributed by atoms with van der Waals surface area (Å²) in [6.45, 7) is 5.75. The zero-order valence-corrected chi connectivity index (χ0v) is 13.1. The predicted octanol–water partition coefficient (Wildman–Crippen LogP) is 3.91. The Hall–Kier alpha value is -1.91. The van der Waals surface area contributed by atoms with E-state index in [0.717, 1.165) is 12.5 Å². The Bertz CT molecular complexity index is 627. The lowest BCUT2D eigenvalue weighted by Gasteiger charge is -2.33. The van der Waals surface area contributed by atoms with Crippen molar-refractivity contribution in [3.63, 3.8) is 0 Å². The number of ether oxygens (including phenoxy) is 1. The van der Waals surface area contributed by atoms with Crippen molar-refractivity contribution in [1.82, 2.24) is 0 Å². The van der Waals surface area contributed by atoms with Crippen molar-refractivity contribution in [2.75, 3.05) is 6.67 Å². The van der Waals surface area contributed by atoms with E-state index < -0.39 is 24.4 Å². The summed E-state index contributed by atoms with van der Waals surface area (Å²) in [7, 11) is 0. The summed E-state index contributed by atoms with van der Waals surface area (Å²) in [4.78, 5) is 11.3. The molecule has 120 valence electrons. The van der Waals surface area contributed by atoms with Gasteiger partial charge in [0.25, 0.3) is 0 Å². The third kappa shape index (κ3) is 2.98. The summed E-state index contributed by atoms with van der Waals surface area (Å²) < 4.78 is 32.8. The fourth-order valence-electron chi connectivity index (χ4n) is 2.35. The Kier molecular flexibility index (Phi) is 4.02. The van der Waals surface area contributed by atoms with Crippen molar-refractivity contribution in [2.45, 2.75) is 44.9 Å². The van der Waals surface area contributed by atoms with E-state index in [4.69, 9.17) is 4.74 Å². The molecule has 0 saturated carbocycles. The normalized spacial score (nSPS) is 20.5. The Balaban J connectivity index is 2.53. The number of hydrogen-bond donors (Lipinski definition) is 1. The van der Waals surface area contributed by atoms with Gasteiger partial charge in [0.15, 0.2) is 11.8 Å². The molecule has 0 fully saturated rings. The number of benzene rings is 1. The van der Waals surface area contributed by atoms with Gasteiger partial charge in [0.1, 0.15) is 12.4 Å². The van der Waals surface area contributed by atoms with E-state index >= 15 is 0 Å². The molecule has 0 spiro atoms. The zero-order chi connectivity index (χ0) is 16.7. The van der Waals surface area contributed by atoms with Gasteiger partial charge in [0.2, 0.25) is 0 Å². The number of alkyl halides is 2. The molecule has 0 radical (unpaired) electrons. The van der Waals surface area contributed by atoms with Crippen LogP contribution in [0.15, 0.2) is 23.8 Å². The van der Waals surface area contributed by atoms with Gasteiger partial charge >= 0.3 is 5.97 Å². The van der Waals surface area contributed by atoms with E-state index in [2.05, 4.69) is 0 Å². The molecule has 0 aromatic heterocycles. The standard InChI is InChI=1S/C17H20F2O3/c1-16(2,3)11-6-5-10-7-12(15(20)21)14(17(4,19)9-18)22-13(10)8-11/h5-8,14H,9H2,1-4H3,(H,20,21). The molecule has 0 bridgehead atoms. The average Bonchev–Trinajstić information content (AvgIpc) is 2.44. The lowest BCUT2D eigenvalue weighted by atomic mass is 9.85. The number of hydrogen-bond acceptors (Lipinski definition) is 2. The van der Waals surface area contributed by atoms with Gasteiger partial charge in [-0.25, -0.2) is 13.6 Å². The van der Waals surface area contributed by atoms with E-state index in [-0.39, 0.29) is 11.0 Å². The van der Waals surface area contributed by atoms with Gasteiger partial charge < -0.3 is 9.84 Å². The van der Waals surface area contributed by atoms with E-state index in [1.165, 1.54) is 6.08 Å². The van der Waals surface area contributed by atoms with Crippen LogP contribution in [0.5, 0.6) is 5.75 Å². The fourth-order valence-corrected chi connectivity index (χ4v) is 2.35. The van der Waals surface area contributed by atoms with Crippen LogP contribution in [0, 0.1) is 0 Å². The summed E-state index contributed by atoms with van der Waals surface area (Å²) in [5.41, 5.74) is -1.29. The zero-order valence-electron chi connectivity index (χ0n) is 13.1. The monoisotopic (exact) mass is 310 g/mol. The molecule has 1 aliphatic heterocycles. The number of carbonyl (C=O) groups is 1. The van der Waals surface area contributed by atoms with Crippen molar-refractivity contribution in [3.05, 3.63) is 34.9 Å². The minimum atomic E-state index is -2.40. The summed E-state index contributed by atoms with van der Waals surface area (Å²) >= 11 is 0. The van der Waals surface area contributed by atoms with Crippen molar-refractivity contribution in [2.24, 2.45) is 0 Å². The van der Waals surface area contributed by atoms with Gasteiger partial charge in [0.05, 0.1) is 5.57 Å². The first kappa shape index (κ1) is 16.5. The van der Waals surface area contributed by atoms with Gasteiger partial charge in [-0.2, -0.15) is 0 Å². The maximum atomic E-state index is 14.3. The number of rotatable bonds is 3. The Morgan fingerprint density at radius 3 is 2.45 bits per heavy atom. The largest absolute Gasteiger partial charge is 0.481 e. The van der Waals surface area contributed by atoms with Gasteiger partial charge in [-0.15, -0.1) is 0 Å². The highest BCUT2D eigenvalue weighted by Crippen LogP contribution is 2.38. The summed E-state index contributed by atoms with van der Waals surface area (Å²) in [6.07, 6.45) is -0.121. The van der Waals surface area contributed by atoms with Crippen LogP contribution in [-0.2, 0) is 10.2 Å². The number of carboxylic acid groups (broad SMARTS) is 1. The molecule has 2 unspecified atom stereocenters. The van der Waals surface area contributed by atoms with Gasteiger partial charge in [-0.05, 0) is 30.0 Å². The van der Waals surface area contributed by atoms with Crippen LogP contribution in [0.4, 0.5) is 8.78 Å². The quantitative estimate of drug-likeness (QED) is 0.920. The second-order valence-electron chi connectivity index (χ2n) is 6.82. The summed E-state index contributed by atoms with van der Waals surface area (Å²) in [5, 5.41) is 9.24. The molecule has 22 heavy (non-hydrogen) atoms. The molecule has 0 aliphatic carbocycles. The van der Waals surface area contributed by atoms with Crippen molar-refractivity contribution >= 4 is 12.0 Å². The minimum absolute atomic E-state index is 0.135. The maximum Gasteiger partial charge on any atom is 0.335 e. The fraction of sp³-hybridized carbons (Fsp3) is 0.471. The number of fused-ring (bicyclic) bond motifs is 1. The van der Waals surface area contributed by atoms with Crippen molar-refractivity contribution < 1.29 is 23.4 Å². The van der Waals surface area contributed by atoms with Crippen LogP contribution in [0.3, 0.4) is 0 Å². The molecule has 1 aliphatic rings. The van der Waals surface area contributed by atoms with E-state index in [1.807, 2.05) is 26.8 Å². The molecule has 1 heterocycles. The number of carboxylic acids is 1. The molecule has 0 amide bonds. The Labute approximate surface area is 128 Å². The molecule has 0 saturated heterocycles. The first-order chi connectivity index (χ1) is 10.1. The van der Waals surface area contributed by atoms with Crippen molar-refractivity contribution in [1.29, 1.82) is 0 Å². The highest BCUT2D eigenvalue weighted by molar-refractivity contribution is 5.95.